The van der Waals surface area contributed by atoms with Crippen LogP contribution in [0.15, 0.2) is 17.1 Å². The van der Waals surface area contributed by atoms with Gasteiger partial charge in [0, 0.05) is 13.1 Å². The lowest BCUT2D eigenvalue weighted by atomic mass is 10.5. The van der Waals surface area contributed by atoms with Gasteiger partial charge in [0.1, 0.15) is 0 Å². The van der Waals surface area contributed by atoms with E-state index in [1.54, 1.807) is 0 Å². The Morgan fingerprint density at radius 1 is 1.80 bits per heavy atom. The highest BCUT2D eigenvalue weighted by Gasteiger charge is 2.00. The first-order valence-corrected chi connectivity index (χ1v) is 3.57. The van der Waals surface area contributed by atoms with Gasteiger partial charge in [-0.2, -0.15) is 0 Å². The molecule has 3 nitrogen and oxygen atoms in total. The molecule has 3 heteroatoms. The second-order valence-electron chi connectivity index (χ2n) is 2.11. The third-order valence-corrected chi connectivity index (χ3v) is 1.30. The van der Waals surface area contributed by atoms with E-state index in [0.717, 1.165) is 25.6 Å². The summed E-state index contributed by atoms with van der Waals surface area (Å²) in [6, 6.07) is 0. The fourth-order valence-corrected chi connectivity index (χ4v) is 0.790. The molecule has 0 radical (unpaired) electrons. The maximum atomic E-state index is 4.17. The fourth-order valence-electron chi connectivity index (χ4n) is 0.790. The number of rotatable bonds is 2. The van der Waals surface area contributed by atoms with Crippen molar-refractivity contribution in [2.24, 2.45) is 4.99 Å². The zero-order valence-electron chi connectivity index (χ0n) is 6.22. The first kappa shape index (κ1) is 7.12. The van der Waals surface area contributed by atoms with Crippen LogP contribution in [0, 0.1) is 0 Å². The lowest BCUT2D eigenvalue weighted by molar-refractivity contribution is 0.923. The van der Waals surface area contributed by atoms with Crippen molar-refractivity contribution in [3.8, 4) is 0 Å². The van der Waals surface area contributed by atoms with Gasteiger partial charge in [0.05, 0.1) is 6.54 Å². The Hall–Kier alpha value is -0.990. The quantitative estimate of drug-likeness (QED) is 0.533. The van der Waals surface area contributed by atoms with E-state index in [2.05, 4.69) is 21.7 Å². The van der Waals surface area contributed by atoms with Crippen LogP contribution in [0.25, 0.3) is 0 Å². The van der Waals surface area contributed by atoms with Crippen molar-refractivity contribution >= 4 is 5.96 Å². The van der Waals surface area contributed by atoms with Gasteiger partial charge >= 0.3 is 0 Å². The minimum atomic E-state index is 0.863. The van der Waals surface area contributed by atoms with Gasteiger partial charge in [-0.1, -0.05) is 12.2 Å². The standard InChI is InChI=1S/C7H13N3/c1-2-3-4-8-7-9-5-6-10-7/h2-3H,4-6H2,1H3,(H2,8,9,10)/b3-2+. The molecule has 1 rings (SSSR count). The summed E-state index contributed by atoms with van der Waals surface area (Å²) in [6.45, 7) is 4.74. The molecule has 0 saturated heterocycles. The van der Waals surface area contributed by atoms with E-state index < -0.39 is 0 Å². The maximum Gasteiger partial charge on any atom is 0.191 e. The summed E-state index contributed by atoms with van der Waals surface area (Å²) < 4.78 is 0. The van der Waals surface area contributed by atoms with Crippen LogP contribution in [0.5, 0.6) is 0 Å². The van der Waals surface area contributed by atoms with Gasteiger partial charge in [-0.15, -0.1) is 0 Å². The number of allylic oxidation sites excluding steroid dienone is 1. The summed E-state index contributed by atoms with van der Waals surface area (Å²) in [5.41, 5.74) is 0. The zero-order chi connectivity index (χ0) is 7.23. The van der Waals surface area contributed by atoms with E-state index >= 15 is 0 Å². The molecular weight excluding hydrogens is 126 g/mol. The molecular formula is C7H13N3. The molecule has 1 aliphatic heterocycles. The highest BCUT2D eigenvalue weighted by Crippen LogP contribution is 1.80. The molecule has 0 unspecified atom stereocenters. The predicted octanol–water partition coefficient (Wildman–Crippen LogP) is 0.111. The topological polar surface area (TPSA) is 36.4 Å². The van der Waals surface area contributed by atoms with Gasteiger partial charge in [-0.3, -0.25) is 4.99 Å². The Bertz CT molecular complexity index is 149. The lowest BCUT2D eigenvalue weighted by Gasteiger charge is -2.01. The first-order chi connectivity index (χ1) is 4.93. The third-order valence-electron chi connectivity index (χ3n) is 1.30. The van der Waals surface area contributed by atoms with Gasteiger partial charge < -0.3 is 10.6 Å². The van der Waals surface area contributed by atoms with Crippen molar-refractivity contribution in [2.75, 3.05) is 19.6 Å². The number of guanidine groups is 1. The van der Waals surface area contributed by atoms with E-state index in [1.165, 1.54) is 0 Å². The van der Waals surface area contributed by atoms with Crippen LogP contribution in [0.4, 0.5) is 0 Å². The molecule has 0 spiro atoms. The number of hydrogen-bond acceptors (Lipinski definition) is 3. The zero-order valence-corrected chi connectivity index (χ0v) is 6.22. The third kappa shape index (κ3) is 2.09. The molecule has 0 aromatic rings. The smallest absolute Gasteiger partial charge is 0.191 e. The molecule has 10 heavy (non-hydrogen) atoms. The fraction of sp³-hybridized carbons (Fsp3) is 0.571. The van der Waals surface area contributed by atoms with Crippen LogP contribution in [-0.4, -0.2) is 25.6 Å². The average Bonchev–Trinajstić information content (AvgIpc) is 2.41. The molecule has 0 bridgehead atoms. The van der Waals surface area contributed by atoms with Crippen LogP contribution < -0.4 is 10.6 Å². The molecule has 0 aromatic carbocycles. The monoisotopic (exact) mass is 139 g/mol. The molecule has 0 aliphatic carbocycles. The molecule has 0 atom stereocenters. The van der Waals surface area contributed by atoms with E-state index in [1.807, 2.05) is 13.0 Å². The highest BCUT2D eigenvalue weighted by atomic mass is 15.2. The summed E-state index contributed by atoms with van der Waals surface area (Å²) in [7, 11) is 0. The molecule has 0 saturated carbocycles. The molecule has 0 aromatic heterocycles. The predicted molar refractivity (Wildman–Crippen MR) is 43.1 cm³/mol. The number of nitrogens with one attached hydrogen (secondary N) is 2. The Kier molecular flexibility index (Phi) is 2.80. The number of aliphatic imine (C=N–C) groups is 1. The van der Waals surface area contributed by atoms with Crippen molar-refractivity contribution < 1.29 is 0 Å². The second kappa shape index (κ2) is 3.93. The van der Waals surface area contributed by atoms with Crippen molar-refractivity contribution in [2.45, 2.75) is 6.92 Å². The second-order valence-corrected chi connectivity index (χ2v) is 2.11. The molecule has 56 valence electrons. The Morgan fingerprint density at radius 2 is 2.70 bits per heavy atom. The normalized spacial score (nSPS) is 17.1. The maximum absolute atomic E-state index is 4.17. The molecule has 2 N–H and O–H groups in total. The van der Waals surface area contributed by atoms with Crippen LogP contribution in [0.2, 0.25) is 0 Å². The van der Waals surface area contributed by atoms with E-state index in [4.69, 9.17) is 0 Å². The van der Waals surface area contributed by atoms with Crippen molar-refractivity contribution in [1.29, 1.82) is 0 Å². The minimum absolute atomic E-state index is 0.863. The van der Waals surface area contributed by atoms with Gasteiger partial charge in [0.15, 0.2) is 5.96 Å². The Morgan fingerprint density at radius 3 is 3.30 bits per heavy atom. The summed E-state index contributed by atoms with van der Waals surface area (Å²) in [5.74, 6) is 0.929. The Balaban J connectivity index is 2.12. The van der Waals surface area contributed by atoms with Crippen LogP contribution in [0.3, 0.4) is 0 Å². The van der Waals surface area contributed by atoms with Gasteiger partial charge in [-0.05, 0) is 6.92 Å². The van der Waals surface area contributed by atoms with Crippen molar-refractivity contribution in [1.82, 2.24) is 10.6 Å². The summed E-state index contributed by atoms with van der Waals surface area (Å²) >= 11 is 0. The number of nitrogens with zero attached hydrogens (tertiary/aromatic N) is 1. The molecule has 1 heterocycles. The van der Waals surface area contributed by atoms with Crippen LogP contribution >= 0.6 is 0 Å². The van der Waals surface area contributed by atoms with Gasteiger partial charge in [-0.25, -0.2) is 0 Å². The first-order valence-electron chi connectivity index (χ1n) is 3.57. The van der Waals surface area contributed by atoms with E-state index in [-0.39, 0.29) is 0 Å². The number of hydrogen-bond donors (Lipinski definition) is 2. The average molecular weight is 139 g/mol. The molecule has 0 fully saturated rings. The van der Waals surface area contributed by atoms with Gasteiger partial charge in [0.25, 0.3) is 0 Å². The van der Waals surface area contributed by atoms with Crippen molar-refractivity contribution in [3.05, 3.63) is 12.2 Å². The molecule has 1 aliphatic rings. The highest BCUT2D eigenvalue weighted by molar-refractivity contribution is 5.81. The lowest BCUT2D eigenvalue weighted by Crippen LogP contribution is -2.33. The van der Waals surface area contributed by atoms with Gasteiger partial charge in [0.2, 0.25) is 0 Å². The molecule has 0 amide bonds. The van der Waals surface area contributed by atoms with Crippen molar-refractivity contribution in [3.63, 3.8) is 0 Å². The Labute approximate surface area is 61.2 Å². The summed E-state index contributed by atoms with van der Waals surface area (Å²) in [6.07, 6.45) is 4.07. The summed E-state index contributed by atoms with van der Waals surface area (Å²) in [4.78, 5) is 4.17. The summed E-state index contributed by atoms with van der Waals surface area (Å²) in [5, 5.41) is 6.26. The largest absolute Gasteiger partial charge is 0.355 e. The van der Waals surface area contributed by atoms with E-state index in [0.29, 0.717) is 0 Å². The van der Waals surface area contributed by atoms with E-state index in [9.17, 15) is 0 Å². The minimum Gasteiger partial charge on any atom is -0.355 e. The van der Waals surface area contributed by atoms with Crippen LogP contribution in [0.1, 0.15) is 6.92 Å². The van der Waals surface area contributed by atoms with Crippen LogP contribution in [-0.2, 0) is 0 Å². The SMILES string of the molecule is C/C=C/CNC1=NCCN1.